The van der Waals surface area contributed by atoms with Gasteiger partial charge >= 0.3 is 0 Å². The maximum Gasteiger partial charge on any atom is 0.267 e. The van der Waals surface area contributed by atoms with Gasteiger partial charge in [0.15, 0.2) is 0 Å². The smallest absolute Gasteiger partial charge is 0.267 e. The first kappa shape index (κ1) is 19.2. The Kier molecular flexibility index (Phi) is 5.85. The van der Waals surface area contributed by atoms with Crippen LogP contribution >= 0.6 is 0 Å². The fourth-order valence-electron chi connectivity index (χ4n) is 4.55. The summed E-state index contributed by atoms with van der Waals surface area (Å²) < 4.78 is 29.9. The molecule has 0 heterocycles. The summed E-state index contributed by atoms with van der Waals surface area (Å²) in [6.45, 7) is 8.25. The molecule has 0 aromatic carbocycles. The number of fused-ring (bicyclic) bond motifs is 2. The Bertz CT molecular complexity index is 495. The summed E-state index contributed by atoms with van der Waals surface area (Å²) in [6.07, 6.45) is 7.30. The molecule has 2 bridgehead atoms. The van der Waals surface area contributed by atoms with Gasteiger partial charge in [0, 0.05) is 0 Å². The van der Waals surface area contributed by atoms with Gasteiger partial charge in [-0.05, 0) is 43.4 Å². The first-order chi connectivity index (χ1) is 10.6. The molecule has 0 radical (unpaired) electrons. The fraction of sp³-hybridized carbons (Fsp3) is 1.00. The highest BCUT2D eigenvalue weighted by Gasteiger charge is 2.63. The van der Waals surface area contributed by atoms with Crippen LogP contribution in [0.1, 0.15) is 79.1 Å². The van der Waals surface area contributed by atoms with Crippen molar-refractivity contribution in [1.29, 1.82) is 0 Å². The van der Waals surface area contributed by atoms with Crippen LogP contribution in [0, 0.1) is 17.3 Å². The first-order valence-corrected chi connectivity index (χ1v) is 10.8. The molecule has 0 amide bonds. The van der Waals surface area contributed by atoms with Gasteiger partial charge in [0.25, 0.3) is 10.1 Å². The topological polar surface area (TPSA) is 63.6 Å². The second-order valence-corrected chi connectivity index (χ2v) is 10.1. The third-order valence-corrected chi connectivity index (χ3v) is 7.65. The Hall–Kier alpha value is -0.130. The van der Waals surface area contributed by atoms with E-state index >= 15 is 0 Å². The standard InChI is InChI=1S/C18H34O4S/c1-5-6-7-8-9-10-11-23(20,21)22-16-13-14-12-15(17(14,2)3)18(16,4)19/h14-16,19H,5-13H2,1-4H3/t14-,15-,16?,18-/m0/s1. The lowest BCUT2D eigenvalue weighted by atomic mass is 9.43. The van der Waals surface area contributed by atoms with E-state index in [1.807, 2.05) is 0 Å². The van der Waals surface area contributed by atoms with E-state index in [1.54, 1.807) is 6.92 Å². The molecular weight excluding hydrogens is 312 g/mol. The Balaban J connectivity index is 1.82. The molecule has 23 heavy (non-hydrogen) atoms. The van der Waals surface area contributed by atoms with E-state index in [1.165, 1.54) is 19.3 Å². The van der Waals surface area contributed by atoms with Gasteiger partial charge in [0.05, 0.1) is 11.4 Å². The lowest BCUT2D eigenvalue weighted by Crippen LogP contribution is -2.67. The molecule has 0 aromatic rings. The summed E-state index contributed by atoms with van der Waals surface area (Å²) in [4.78, 5) is 0. The van der Waals surface area contributed by atoms with Gasteiger partial charge in [-0.25, -0.2) is 0 Å². The van der Waals surface area contributed by atoms with Crippen LogP contribution in [0.3, 0.4) is 0 Å². The van der Waals surface area contributed by atoms with Gasteiger partial charge in [0.1, 0.15) is 6.10 Å². The van der Waals surface area contributed by atoms with Crippen molar-refractivity contribution in [2.24, 2.45) is 17.3 Å². The van der Waals surface area contributed by atoms with Crippen molar-refractivity contribution in [3.05, 3.63) is 0 Å². The molecule has 1 unspecified atom stereocenters. The van der Waals surface area contributed by atoms with Crippen molar-refractivity contribution < 1.29 is 17.7 Å². The third kappa shape index (κ3) is 4.10. The van der Waals surface area contributed by atoms with Crippen LogP contribution in [0.5, 0.6) is 0 Å². The van der Waals surface area contributed by atoms with Crippen molar-refractivity contribution >= 4 is 10.1 Å². The van der Waals surface area contributed by atoms with Gasteiger partial charge in [0.2, 0.25) is 0 Å². The molecule has 3 rings (SSSR count). The third-order valence-electron chi connectivity index (χ3n) is 6.34. The SMILES string of the molecule is CCCCCCCCS(=O)(=O)OC1C[C@@H]2C[C@@H](C2(C)C)[C@]1(C)O. The van der Waals surface area contributed by atoms with Gasteiger partial charge in [-0.2, -0.15) is 8.42 Å². The largest absolute Gasteiger partial charge is 0.387 e. The van der Waals surface area contributed by atoms with Gasteiger partial charge in [-0.3, -0.25) is 4.18 Å². The molecule has 3 saturated carbocycles. The van der Waals surface area contributed by atoms with Crippen molar-refractivity contribution in [2.45, 2.75) is 90.8 Å². The van der Waals surface area contributed by atoms with Crippen molar-refractivity contribution in [2.75, 3.05) is 5.75 Å². The molecule has 4 atom stereocenters. The predicted octanol–water partition coefficient (Wildman–Crippen LogP) is 3.88. The number of unbranched alkanes of at least 4 members (excludes halogenated alkanes) is 5. The molecule has 1 N–H and O–H groups in total. The molecule has 0 aliphatic heterocycles. The zero-order valence-electron chi connectivity index (χ0n) is 15.2. The van der Waals surface area contributed by atoms with E-state index in [0.717, 1.165) is 19.3 Å². The lowest BCUT2D eigenvalue weighted by Gasteiger charge is -2.64. The molecule has 0 spiro atoms. The molecule has 0 aromatic heterocycles. The molecular formula is C18H34O4S. The minimum Gasteiger partial charge on any atom is -0.387 e. The molecule has 3 aliphatic carbocycles. The number of hydrogen-bond acceptors (Lipinski definition) is 4. The number of aliphatic hydroxyl groups is 1. The summed E-state index contributed by atoms with van der Waals surface area (Å²) in [5, 5.41) is 10.8. The monoisotopic (exact) mass is 346 g/mol. The van der Waals surface area contributed by atoms with E-state index < -0.39 is 21.8 Å². The Labute approximate surface area is 142 Å². The molecule has 4 nitrogen and oxygen atoms in total. The highest BCUT2D eigenvalue weighted by atomic mass is 32.2. The van der Waals surface area contributed by atoms with E-state index in [4.69, 9.17) is 4.18 Å². The fourth-order valence-corrected chi connectivity index (χ4v) is 5.83. The molecule has 3 fully saturated rings. The van der Waals surface area contributed by atoms with E-state index in [2.05, 4.69) is 20.8 Å². The molecule has 136 valence electrons. The van der Waals surface area contributed by atoms with Crippen LogP contribution in [0.25, 0.3) is 0 Å². The van der Waals surface area contributed by atoms with E-state index in [-0.39, 0.29) is 17.1 Å². The normalized spacial score (nSPS) is 35.8. The van der Waals surface area contributed by atoms with Gasteiger partial charge < -0.3 is 5.11 Å². The second kappa shape index (κ2) is 7.01. The van der Waals surface area contributed by atoms with Crippen LogP contribution in [-0.2, 0) is 14.3 Å². The summed E-state index contributed by atoms with van der Waals surface area (Å²) in [7, 11) is -3.55. The molecule has 0 saturated heterocycles. The lowest BCUT2D eigenvalue weighted by molar-refractivity contribution is -0.237. The maximum absolute atomic E-state index is 12.2. The minimum absolute atomic E-state index is 0.0738. The van der Waals surface area contributed by atoms with Crippen LogP contribution in [0.4, 0.5) is 0 Å². The Morgan fingerprint density at radius 2 is 1.65 bits per heavy atom. The van der Waals surface area contributed by atoms with Gasteiger partial charge in [-0.15, -0.1) is 0 Å². The zero-order valence-corrected chi connectivity index (χ0v) is 16.0. The van der Waals surface area contributed by atoms with E-state index in [0.29, 0.717) is 18.8 Å². The number of hydrogen-bond donors (Lipinski definition) is 1. The zero-order chi connectivity index (χ0) is 17.3. The van der Waals surface area contributed by atoms with Crippen molar-refractivity contribution in [1.82, 2.24) is 0 Å². The van der Waals surface area contributed by atoms with Gasteiger partial charge in [-0.1, -0.05) is 52.9 Å². The van der Waals surface area contributed by atoms with Crippen LogP contribution in [0.2, 0.25) is 0 Å². The summed E-state index contributed by atoms with van der Waals surface area (Å²) in [6, 6.07) is 0. The predicted molar refractivity (Wildman–Crippen MR) is 92.7 cm³/mol. The maximum atomic E-state index is 12.2. The number of rotatable bonds is 9. The second-order valence-electron chi connectivity index (χ2n) is 8.38. The molecule has 3 aliphatic rings. The highest BCUT2D eigenvalue weighted by molar-refractivity contribution is 7.86. The summed E-state index contributed by atoms with van der Waals surface area (Å²) in [5.41, 5.74) is -0.959. The Morgan fingerprint density at radius 3 is 2.22 bits per heavy atom. The quantitative estimate of drug-likeness (QED) is 0.508. The first-order valence-electron chi connectivity index (χ1n) is 9.24. The van der Waals surface area contributed by atoms with E-state index in [9.17, 15) is 13.5 Å². The summed E-state index contributed by atoms with van der Waals surface area (Å²) >= 11 is 0. The van der Waals surface area contributed by atoms with Crippen LogP contribution in [0.15, 0.2) is 0 Å². The van der Waals surface area contributed by atoms with Crippen molar-refractivity contribution in [3.63, 3.8) is 0 Å². The van der Waals surface area contributed by atoms with Crippen molar-refractivity contribution in [3.8, 4) is 0 Å². The average Bonchev–Trinajstić information content (AvgIpc) is 2.43. The Morgan fingerprint density at radius 1 is 1.04 bits per heavy atom. The van der Waals surface area contributed by atoms with Crippen LogP contribution < -0.4 is 0 Å². The highest BCUT2D eigenvalue weighted by Crippen LogP contribution is 2.63. The van der Waals surface area contributed by atoms with Crippen LogP contribution in [-0.4, -0.2) is 31.0 Å². The average molecular weight is 347 g/mol. The molecule has 5 heteroatoms. The minimum atomic E-state index is -3.55. The summed E-state index contributed by atoms with van der Waals surface area (Å²) in [5.74, 6) is 0.662.